The molecule has 8 heteroatoms. The smallest absolute Gasteiger partial charge is 0.325 e. The first kappa shape index (κ1) is 19.3. The molecule has 3 aromatic rings. The lowest BCUT2D eigenvalue weighted by molar-refractivity contribution is -0.121. The zero-order valence-corrected chi connectivity index (χ0v) is 16.1. The zero-order valence-electron chi connectivity index (χ0n) is 16.1. The van der Waals surface area contributed by atoms with Crippen molar-refractivity contribution >= 4 is 23.0 Å². The minimum absolute atomic E-state index is 0.0863. The highest BCUT2D eigenvalue weighted by molar-refractivity contribution is 6.01. The molecule has 3 N–H and O–H groups in total. The lowest BCUT2D eigenvalue weighted by atomic mass is 10.1. The molecule has 2 heterocycles. The second-order valence-electron chi connectivity index (χ2n) is 6.57. The van der Waals surface area contributed by atoms with Gasteiger partial charge >= 0.3 is 5.69 Å². The maximum absolute atomic E-state index is 12.1. The predicted molar refractivity (Wildman–Crippen MR) is 109 cm³/mol. The van der Waals surface area contributed by atoms with E-state index in [1.807, 2.05) is 25.1 Å². The van der Waals surface area contributed by atoms with E-state index in [0.717, 1.165) is 28.7 Å². The van der Waals surface area contributed by atoms with Crippen molar-refractivity contribution in [3.05, 3.63) is 67.6 Å². The molecule has 28 heavy (non-hydrogen) atoms. The first-order valence-electron chi connectivity index (χ1n) is 9.14. The SMILES string of the molecule is CCn1c(C)c(/C=N/NC(=O)CCc2c(C)[nH]c(=O)[nH]c2=O)c2ccccc21. The molecule has 0 atom stereocenters. The molecule has 0 fully saturated rings. The molecular formula is C20H23N5O3. The van der Waals surface area contributed by atoms with E-state index in [9.17, 15) is 14.4 Å². The number of aryl methyl sites for hydroxylation is 2. The summed E-state index contributed by atoms with van der Waals surface area (Å²) in [6, 6.07) is 8.06. The largest absolute Gasteiger partial charge is 0.344 e. The third kappa shape index (κ3) is 3.80. The van der Waals surface area contributed by atoms with Crippen LogP contribution < -0.4 is 16.7 Å². The summed E-state index contributed by atoms with van der Waals surface area (Å²) >= 11 is 0. The number of fused-ring (bicyclic) bond motifs is 1. The average Bonchev–Trinajstić information content (AvgIpc) is 2.92. The summed E-state index contributed by atoms with van der Waals surface area (Å²) in [7, 11) is 0. The Bertz CT molecular complexity index is 1170. The van der Waals surface area contributed by atoms with E-state index in [-0.39, 0.29) is 18.7 Å². The van der Waals surface area contributed by atoms with Gasteiger partial charge in [-0.05, 0) is 33.3 Å². The summed E-state index contributed by atoms with van der Waals surface area (Å²) in [4.78, 5) is 39.8. The number of aromatic nitrogens is 3. The number of H-pyrrole nitrogens is 2. The Morgan fingerprint density at radius 2 is 1.96 bits per heavy atom. The molecule has 0 radical (unpaired) electrons. The van der Waals surface area contributed by atoms with Crippen LogP contribution in [0.3, 0.4) is 0 Å². The molecule has 0 bridgehead atoms. The zero-order chi connectivity index (χ0) is 20.3. The second-order valence-corrected chi connectivity index (χ2v) is 6.57. The summed E-state index contributed by atoms with van der Waals surface area (Å²) < 4.78 is 2.20. The number of nitrogens with zero attached hydrogens (tertiary/aromatic N) is 2. The number of rotatable bonds is 6. The summed E-state index contributed by atoms with van der Waals surface area (Å²) in [5, 5.41) is 5.17. The second kappa shape index (κ2) is 8.08. The third-order valence-corrected chi connectivity index (χ3v) is 4.84. The first-order valence-corrected chi connectivity index (χ1v) is 9.14. The van der Waals surface area contributed by atoms with Crippen molar-refractivity contribution in [2.75, 3.05) is 0 Å². The first-order chi connectivity index (χ1) is 13.4. The fraction of sp³-hybridized carbons (Fsp3) is 0.300. The van der Waals surface area contributed by atoms with Gasteiger partial charge in [0.1, 0.15) is 0 Å². The number of benzene rings is 1. The lowest BCUT2D eigenvalue weighted by Gasteiger charge is -2.04. The van der Waals surface area contributed by atoms with E-state index in [2.05, 4.69) is 38.1 Å². The summed E-state index contributed by atoms with van der Waals surface area (Å²) in [5.74, 6) is -0.307. The highest BCUT2D eigenvalue weighted by Crippen LogP contribution is 2.24. The highest BCUT2D eigenvalue weighted by atomic mass is 16.2. The van der Waals surface area contributed by atoms with Gasteiger partial charge in [-0.25, -0.2) is 10.2 Å². The number of aromatic amines is 2. The number of para-hydroxylation sites is 1. The van der Waals surface area contributed by atoms with Crippen molar-refractivity contribution < 1.29 is 4.79 Å². The summed E-state index contributed by atoms with van der Waals surface area (Å²) in [6.45, 7) is 6.59. The van der Waals surface area contributed by atoms with Gasteiger partial charge < -0.3 is 9.55 Å². The third-order valence-electron chi connectivity index (χ3n) is 4.84. The van der Waals surface area contributed by atoms with Crippen LogP contribution in [0.4, 0.5) is 0 Å². The number of hydrazone groups is 1. The van der Waals surface area contributed by atoms with Crippen LogP contribution in [-0.2, 0) is 17.8 Å². The van der Waals surface area contributed by atoms with Gasteiger partial charge in [-0.1, -0.05) is 18.2 Å². The topological polar surface area (TPSA) is 112 Å². The standard InChI is InChI=1S/C20H23N5O3/c1-4-25-13(3)16(15-7-5-6-8-17(15)25)11-21-24-18(26)10-9-14-12(2)22-20(28)23-19(14)27/h5-8,11H,4,9-10H2,1-3H3,(H,24,26)(H2,22,23,27,28)/b21-11+. The minimum Gasteiger partial charge on any atom is -0.344 e. The molecule has 0 saturated carbocycles. The Kier molecular flexibility index (Phi) is 5.58. The molecule has 1 amide bonds. The molecule has 1 aromatic carbocycles. The number of carbonyl (C=O) groups excluding carboxylic acids is 1. The molecule has 146 valence electrons. The lowest BCUT2D eigenvalue weighted by Crippen LogP contribution is -2.28. The highest BCUT2D eigenvalue weighted by Gasteiger charge is 2.11. The van der Waals surface area contributed by atoms with Crippen LogP contribution in [0.2, 0.25) is 0 Å². The maximum Gasteiger partial charge on any atom is 0.325 e. The number of nitrogens with one attached hydrogen (secondary N) is 3. The molecule has 2 aromatic heterocycles. The number of hydrogen-bond acceptors (Lipinski definition) is 4. The van der Waals surface area contributed by atoms with Gasteiger partial charge in [-0.2, -0.15) is 5.10 Å². The number of carbonyl (C=O) groups is 1. The molecular weight excluding hydrogens is 358 g/mol. The van der Waals surface area contributed by atoms with Gasteiger partial charge in [0.15, 0.2) is 0 Å². The quantitative estimate of drug-likeness (QED) is 0.446. The molecule has 0 unspecified atom stereocenters. The molecule has 0 saturated heterocycles. The molecule has 3 rings (SSSR count). The van der Waals surface area contributed by atoms with Gasteiger partial charge in [0.2, 0.25) is 5.91 Å². The van der Waals surface area contributed by atoms with E-state index >= 15 is 0 Å². The normalized spacial score (nSPS) is 11.4. The van der Waals surface area contributed by atoms with Crippen molar-refractivity contribution in [1.29, 1.82) is 0 Å². The minimum atomic E-state index is -0.554. The van der Waals surface area contributed by atoms with Gasteiger partial charge in [0.25, 0.3) is 5.56 Å². The van der Waals surface area contributed by atoms with Crippen molar-refractivity contribution in [1.82, 2.24) is 20.0 Å². The monoisotopic (exact) mass is 381 g/mol. The van der Waals surface area contributed by atoms with Gasteiger partial charge in [0.05, 0.1) is 6.21 Å². The van der Waals surface area contributed by atoms with Gasteiger partial charge in [-0.3, -0.25) is 14.6 Å². The number of hydrogen-bond donors (Lipinski definition) is 3. The van der Waals surface area contributed by atoms with Crippen molar-refractivity contribution in [3.8, 4) is 0 Å². The molecule has 0 aliphatic rings. The maximum atomic E-state index is 12.1. The molecule has 0 aliphatic carbocycles. The Morgan fingerprint density at radius 3 is 2.68 bits per heavy atom. The van der Waals surface area contributed by atoms with Crippen LogP contribution in [0.15, 0.2) is 39.0 Å². The van der Waals surface area contributed by atoms with Crippen molar-refractivity contribution in [2.45, 2.75) is 40.2 Å². The van der Waals surface area contributed by atoms with E-state index in [1.165, 1.54) is 0 Å². The number of amides is 1. The molecule has 8 nitrogen and oxygen atoms in total. The van der Waals surface area contributed by atoms with Crippen LogP contribution in [0.25, 0.3) is 10.9 Å². The van der Waals surface area contributed by atoms with Crippen LogP contribution in [0.5, 0.6) is 0 Å². The Balaban J connectivity index is 1.70. The average molecular weight is 381 g/mol. The van der Waals surface area contributed by atoms with E-state index in [1.54, 1.807) is 13.1 Å². The Hall–Kier alpha value is -3.42. The van der Waals surface area contributed by atoms with E-state index in [4.69, 9.17) is 0 Å². The van der Waals surface area contributed by atoms with Crippen molar-refractivity contribution in [2.24, 2.45) is 5.10 Å². The summed E-state index contributed by atoms with van der Waals surface area (Å²) in [6.07, 6.45) is 1.95. The summed E-state index contributed by atoms with van der Waals surface area (Å²) in [5.41, 5.74) is 5.51. The van der Waals surface area contributed by atoms with Crippen LogP contribution in [0, 0.1) is 13.8 Å². The van der Waals surface area contributed by atoms with Crippen LogP contribution >= 0.6 is 0 Å². The molecule has 0 spiro atoms. The van der Waals surface area contributed by atoms with E-state index < -0.39 is 11.2 Å². The van der Waals surface area contributed by atoms with Gasteiger partial charge in [0, 0.05) is 46.4 Å². The van der Waals surface area contributed by atoms with E-state index in [0.29, 0.717) is 11.3 Å². The van der Waals surface area contributed by atoms with Crippen molar-refractivity contribution in [3.63, 3.8) is 0 Å². The Labute approximate surface area is 161 Å². The Morgan fingerprint density at radius 1 is 1.21 bits per heavy atom. The predicted octanol–water partition coefficient (Wildman–Crippen LogP) is 1.74. The van der Waals surface area contributed by atoms with Crippen LogP contribution in [-0.4, -0.2) is 26.7 Å². The fourth-order valence-electron chi connectivity index (χ4n) is 3.42. The van der Waals surface area contributed by atoms with Gasteiger partial charge in [-0.15, -0.1) is 0 Å². The fourth-order valence-corrected chi connectivity index (χ4v) is 3.42. The van der Waals surface area contributed by atoms with Crippen LogP contribution in [0.1, 0.15) is 35.9 Å². The molecule has 0 aliphatic heterocycles.